The third-order valence-electron chi connectivity index (χ3n) is 0.638. The van der Waals surface area contributed by atoms with E-state index in [9.17, 15) is 0 Å². The molecule has 0 atom stereocenters. The van der Waals surface area contributed by atoms with Crippen molar-refractivity contribution in [3.05, 3.63) is 10.7 Å². The average Bonchev–Trinajstić information content (AvgIpc) is 1.72. The Morgan fingerprint density at radius 2 is 2.29 bits per heavy atom. The van der Waals surface area contributed by atoms with Crippen LogP contribution in [-0.4, -0.2) is 22.1 Å². The first kappa shape index (κ1) is 7.06. The number of rotatable bonds is 2. The standard InChI is InChI=1S/C5H10OSe/c1-4-5(6-2)7-3/h4H,1-3H3/b5-4+. The fraction of sp³-hybridized carbons (Fsp3) is 0.600. The Kier molecular flexibility index (Phi) is 4.26. The summed E-state index contributed by atoms with van der Waals surface area (Å²) in [5.74, 6) is 2.13. The van der Waals surface area contributed by atoms with Gasteiger partial charge in [-0.15, -0.1) is 0 Å². The Bertz CT molecular complexity index is 62.5. The van der Waals surface area contributed by atoms with E-state index in [1.165, 1.54) is 0 Å². The van der Waals surface area contributed by atoms with E-state index < -0.39 is 0 Å². The van der Waals surface area contributed by atoms with E-state index in [1.807, 2.05) is 13.0 Å². The van der Waals surface area contributed by atoms with Crippen LogP contribution in [-0.2, 0) is 4.74 Å². The molecule has 0 aromatic carbocycles. The first-order chi connectivity index (χ1) is 3.35. The van der Waals surface area contributed by atoms with Crippen LogP contribution in [0.4, 0.5) is 0 Å². The van der Waals surface area contributed by atoms with Crippen LogP contribution in [0.2, 0.25) is 5.82 Å². The molecule has 0 bridgehead atoms. The fourth-order valence-corrected chi connectivity index (χ4v) is 1.16. The molecule has 0 spiro atoms. The van der Waals surface area contributed by atoms with E-state index in [-0.39, 0.29) is 0 Å². The van der Waals surface area contributed by atoms with Crippen LogP contribution < -0.4 is 0 Å². The van der Waals surface area contributed by atoms with Crippen LogP contribution >= 0.6 is 0 Å². The summed E-state index contributed by atoms with van der Waals surface area (Å²) >= 11 is 0.531. The molecule has 0 aliphatic heterocycles. The molecule has 0 aliphatic carbocycles. The van der Waals surface area contributed by atoms with Gasteiger partial charge in [-0.1, -0.05) is 0 Å². The molecule has 0 aromatic rings. The summed E-state index contributed by atoms with van der Waals surface area (Å²) in [6.45, 7) is 1.99. The molecular formula is C5H10OSe. The van der Waals surface area contributed by atoms with Gasteiger partial charge >= 0.3 is 50.3 Å². The third-order valence-corrected chi connectivity index (χ3v) is 2.33. The maximum atomic E-state index is 4.94. The zero-order chi connectivity index (χ0) is 5.70. The van der Waals surface area contributed by atoms with Crippen molar-refractivity contribution in [1.82, 2.24) is 0 Å². The van der Waals surface area contributed by atoms with Gasteiger partial charge in [0.05, 0.1) is 0 Å². The van der Waals surface area contributed by atoms with Crippen LogP contribution in [0, 0.1) is 0 Å². The molecule has 0 amide bonds. The first-order valence-corrected chi connectivity index (χ1v) is 4.66. The summed E-state index contributed by atoms with van der Waals surface area (Å²) in [5.41, 5.74) is 0. The van der Waals surface area contributed by atoms with Gasteiger partial charge in [0, 0.05) is 0 Å². The van der Waals surface area contributed by atoms with Crippen molar-refractivity contribution >= 4 is 15.0 Å². The van der Waals surface area contributed by atoms with Crippen molar-refractivity contribution < 1.29 is 4.74 Å². The predicted molar refractivity (Wildman–Crippen MR) is 32.4 cm³/mol. The van der Waals surface area contributed by atoms with Crippen LogP contribution in [0.1, 0.15) is 6.92 Å². The van der Waals surface area contributed by atoms with E-state index in [0.29, 0.717) is 15.0 Å². The zero-order valence-corrected chi connectivity index (χ0v) is 6.61. The fourth-order valence-electron chi connectivity index (χ4n) is 0.319. The molecular weight excluding hydrogens is 155 g/mol. The molecule has 0 aliphatic rings. The second-order valence-electron chi connectivity index (χ2n) is 1.02. The minimum atomic E-state index is 0.531. The number of ether oxygens (including phenoxy) is 1. The summed E-state index contributed by atoms with van der Waals surface area (Å²) in [7, 11) is 1.71. The molecule has 42 valence electrons. The van der Waals surface area contributed by atoms with Gasteiger partial charge in [-0.05, 0) is 0 Å². The van der Waals surface area contributed by atoms with E-state index in [0.717, 1.165) is 4.66 Å². The first-order valence-electron chi connectivity index (χ1n) is 2.09. The zero-order valence-electron chi connectivity index (χ0n) is 4.89. The normalized spacial score (nSPS) is 11.6. The number of hydrogen-bond acceptors (Lipinski definition) is 1. The molecule has 0 aromatic heterocycles. The summed E-state index contributed by atoms with van der Waals surface area (Å²) in [4.78, 5) is 0. The van der Waals surface area contributed by atoms with Gasteiger partial charge in [0.15, 0.2) is 0 Å². The summed E-state index contributed by atoms with van der Waals surface area (Å²) in [5, 5.41) is 0. The molecule has 0 saturated heterocycles. The van der Waals surface area contributed by atoms with Gasteiger partial charge < -0.3 is 0 Å². The van der Waals surface area contributed by atoms with E-state index in [1.54, 1.807) is 7.11 Å². The average molecular weight is 165 g/mol. The topological polar surface area (TPSA) is 9.23 Å². The molecule has 0 N–H and O–H groups in total. The molecule has 0 heterocycles. The van der Waals surface area contributed by atoms with Crippen molar-refractivity contribution in [3.8, 4) is 0 Å². The molecule has 7 heavy (non-hydrogen) atoms. The molecule has 0 fully saturated rings. The van der Waals surface area contributed by atoms with Crippen molar-refractivity contribution in [2.45, 2.75) is 12.7 Å². The van der Waals surface area contributed by atoms with Crippen molar-refractivity contribution in [2.75, 3.05) is 7.11 Å². The van der Waals surface area contributed by atoms with Crippen molar-refractivity contribution in [1.29, 1.82) is 0 Å². The van der Waals surface area contributed by atoms with E-state index in [2.05, 4.69) is 5.82 Å². The Labute approximate surface area is 50.9 Å². The number of allylic oxidation sites excluding steroid dienone is 1. The second kappa shape index (κ2) is 4.22. The van der Waals surface area contributed by atoms with Gasteiger partial charge in [-0.2, -0.15) is 0 Å². The quantitative estimate of drug-likeness (QED) is 0.442. The minimum absolute atomic E-state index is 0.531. The Balaban J connectivity index is 3.38. The molecule has 0 radical (unpaired) electrons. The molecule has 0 saturated carbocycles. The van der Waals surface area contributed by atoms with E-state index >= 15 is 0 Å². The van der Waals surface area contributed by atoms with Crippen molar-refractivity contribution in [2.24, 2.45) is 0 Å². The SMILES string of the molecule is C/C=C(\OC)[Se]C. The summed E-state index contributed by atoms with van der Waals surface area (Å²) in [6.07, 6.45) is 2.00. The second-order valence-corrected chi connectivity index (χ2v) is 2.72. The number of hydrogen-bond donors (Lipinski definition) is 0. The van der Waals surface area contributed by atoms with Crippen molar-refractivity contribution in [3.63, 3.8) is 0 Å². The summed E-state index contributed by atoms with van der Waals surface area (Å²) < 4.78 is 6.06. The molecule has 0 unspecified atom stereocenters. The number of methoxy groups -OCH3 is 1. The summed E-state index contributed by atoms with van der Waals surface area (Å²) in [6, 6.07) is 0. The van der Waals surface area contributed by atoms with Gasteiger partial charge in [-0.25, -0.2) is 0 Å². The monoisotopic (exact) mass is 166 g/mol. The van der Waals surface area contributed by atoms with Crippen LogP contribution in [0.25, 0.3) is 0 Å². The van der Waals surface area contributed by atoms with Crippen LogP contribution in [0.3, 0.4) is 0 Å². The Morgan fingerprint density at radius 1 is 1.71 bits per heavy atom. The Hall–Kier alpha value is 0.0595. The molecule has 2 heteroatoms. The predicted octanol–water partition coefficient (Wildman–Crippen LogP) is 1.25. The van der Waals surface area contributed by atoms with Crippen LogP contribution in [0.15, 0.2) is 10.7 Å². The third kappa shape index (κ3) is 2.72. The maximum absolute atomic E-state index is 4.94. The van der Waals surface area contributed by atoms with Gasteiger partial charge in [0.1, 0.15) is 0 Å². The van der Waals surface area contributed by atoms with E-state index in [4.69, 9.17) is 4.74 Å². The van der Waals surface area contributed by atoms with Gasteiger partial charge in [0.2, 0.25) is 0 Å². The van der Waals surface area contributed by atoms with Gasteiger partial charge in [-0.3, -0.25) is 0 Å². The molecule has 1 nitrogen and oxygen atoms in total. The molecule has 0 rings (SSSR count). The van der Waals surface area contributed by atoms with Gasteiger partial charge in [0.25, 0.3) is 0 Å². The van der Waals surface area contributed by atoms with Crippen LogP contribution in [0.5, 0.6) is 0 Å². The Morgan fingerprint density at radius 3 is 2.29 bits per heavy atom.